The minimum atomic E-state index is -4.75. The van der Waals surface area contributed by atoms with Gasteiger partial charge in [-0.3, -0.25) is 18.6 Å². The number of amides is 1. The maximum atomic E-state index is 12.3. The third kappa shape index (κ3) is 42.9. The molecule has 0 aromatic rings. The number of phosphoric acid groups is 1. The van der Waals surface area contributed by atoms with Crippen LogP contribution in [-0.2, 0) is 32.7 Å². The third-order valence-corrected chi connectivity index (χ3v) is 12.0. The van der Waals surface area contributed by atoms with E-state index in [2.05, 4.69) is 31.3 Å². The van der Waals surface area contributed by atoms with E-state index in [0.717, 1.165) is 57.8 Å². The van der Waals surface area contributed by atoms with Gasteiger partial charge in [0.1, 0.15) is 12.7 Å². The molecule has 0 rings (SSSR count). The van der Waals surface area contributed by atoms with E-state index < -0.39 is 57.6 Å². The Morgan fingerprint density at radius 3 is 1.28 bits per heavy atom. The fraction of sp³-hybridized carbons (Fsp3) is 0.896. The molecule has 0 bridgehead atoms. The van der Waals surface area contributed by atoms with Crippen LogP contribution in [0.25, 0.3) is 0 Å². The van der Waals surface area contributed by atoms with Gasteiger partial charge < -0.3 is 25.2 Å². The number of aliphatic hydroxyl groups excluding tert-OH is 1. The number of unbranched alkanes of at least 4 members (excludes halogenated alkanes) is 31. The summed E-state index contributed by atoms with van der Waals surface area (Å²) >= 11 is 0. The lowest BCUT2D eigenvalue weighted by molar-refractivity contribution is -0.147. The monoisotopic (exact) mass is 874 g/mol. The first-order valence-electron chi connectivity index (χ1n) is 24.7. The SMILES string of the molecule is CCCCCC/C=C\CCCCCCCC(=O)NC(COP(=O)(O)OCC(O)COC(=O)CCCCCCCCCCCCCCCCCCCCCCCCC)C(=O)O. The predicted octanol–water partition coefficient (Wildman–Crippen LogP) is 13.2. The summed E-state index contributed by atoms with van der Waals surface area (Å²) in [6.45, 7) is 2.61. The van der Waals surface area contributed by atoms with Gasteiger partial charge in [0.05, 0.1) is 13.2 Å². The number of carbonyl (C=O) groups excluding carboxylic acids is 2. The number of hydrogen-bond donors (Lipinski definition) is 4. The van der Waals surface area contributed by atoms with E-state index in [0.29, 0.717) is 12.8 Å². The minimum absolute atomic E-state index is 0.138. The molecule has 0 aliphatic heterocycles. The van der Waals surface area contributed by atoms with E-state index in [4.69, 9.17) is 13.8 Å². The van der Waals surface area contributed by atoms with E-state index >= 15 is 0 Å². The largest absolute Gasteiger partial charge is 0.480 e. The number of aliphatic hydroxyl groups is 1. The smallest absolute Gasteiger partial charge is 0.472 e. The molecule has 0 spiro atoms. The molecular weight excluding hydrogens is 781 g/mol. The Hall–Kier alpha value is -1.78. The van der Waals surface area contributed by atoms with Gasteiger partial charge in [-0.05, 0) is 38.5 Å². The van der Waals surface area contributed by atoms with E-state index in [-0.39, 0.29) is 12.8 Å². The minimum Gasteiger partial charge on any atom is -0.480 e. The molecule has 0 radical (unpaired) electrons. The van der Waals surface area contributed by atoms with Gasteiger partial charge in [-0.15, -0.1) is 0 Å². The molecule has 0 aromatic carbocycles. The van der Waals surface area contributed by atoms with Gasteiger partial charge >= 0.3 is 19.8 Å². The molecule has 0 aliphatic rings. The van der Waals surface area contributed by atoms with Crippen LogP contribution in [0.5, 0.6) is 0 Å². The maximum Gasteiger partial charge on any atom is 0.472 e. The lowest BCUT2D eigenvalue weighted by Gasteiger charge is -2.18. The van der Waals surface area contributed by atoms with Crippen molar-refractivity contribution < 1.29 is 47.8 Å². The molecular formula is C48H92NO10P. The molecule has 0 saturated carbocycles. The summed E-state index contributed by atoms with van der Waals surface area (Å²) in [5.41, 5.74) is 0. The van der Waals surface area contributed by atoms with Crippen molar-refractivity contribution in [2.24, 2.45) is 0 Å². The Morgan fingerprint density at radius 1 is 0.517 bits per heavy atom. The van der Waals surface area contributed by atoms with Crippen LogP contribution in [-0.4, -0.2) is 64.9 Å². The van der Waals surface area contributed by atoms with Gasteiger partial charge in [0.2, 0.25) is 5.91 Å². The van der Waals surface area contributed by atoms with Crippen molar-refractivity contribution in [3.05, 3.63) is 12.2 Å². The molecule has 0 saturated heterocycles. The number of carbonyl (C=O) groups is 3. The number of phosphoric ester groups is 1. The molecule has 12 heteroatoms. The lowest BCUT2D eigenvalue weighted by atomic mass is 10.0. The fourth-order valence-corrected chi connectivity index (χ4v) is 7.97. The Bertz CT molecular complexity index is 1070. The second kappa shape index (κ2) is 43.9. The highest BCUT2D eigenvalue weighted by Crippen LogP contribution is 2.43. The summed E-state index contributed by atoms with van der Waals surface area (Å²) in [4.78, 5) is 46.0. The van der Waals surface area contributed by atoms with Gasteiger partial charge in [-0.25, -0.2) is 9.36 Å². The number of esters is 1. The topological polar surface area (TPSA) is 169 Å². The third-order valence-electron chi connectivity index (χ3n) is 11.1. The van der Waals surface area contributed by atoms with Crippen LogP contribution < -0.4 is 5.32 Å². The van der Waals surface area contributed by atoms with Crippen LogP contribution in [0.2, 0.25) is 0 Å². The molecule has 3 unspecified atom stereocenters. The van der Waals surface area contributed by atoms with Crippen molar-refractivity contribution in [1.82, 2.24) is 5.32 Å². The molecule has 60 heavy (non-hydrogen) atoms. The van der Waals surface area contributed by atoms with E-state index in [1.165, 1.54) is 148 Å². The number of aliphatic carboxylic acids is 1. The first kappa shape index (κ1) is 58.2. The Morgan fingerprint density at radius 2 is 0.867 bits per heavy atom. The Balaban J connectivity index is 3.76. The van der Waals surface area contributed by atoms with E-state index in [1.54, 1.807) is 0 Å². The van der Waals surface area contributed by atoms with Crippen LogP contribution >= 0.6 is 7.82 Å². The second-order valence-corrected chi connectivity index (χ2v) is 18.5. The zero-order chi connectivity index (χ0) is 44.2. The second-order valence-electron chi connectivity index (χ2n) is 17.0. The quantitative estimate of drug-likeness (QED) is 0.0200. The number of carboxylic acids is 1. The van der Waals surface area contributed by atoms with Crippen LogP contribution in [0.4, 0.5) is 0 Å². The van der Waals surface area contributed by atoms with Crippen molar-refractivity contribution >= 4 is 25.7 Å². The van der Waals surface area contributed by atoms with E-state index in [9.17, 15) is 34.1 Å². The van der Waals surface area contributed by atoms with Crippen molar-refractivity contribution in [3.8, 4) is 0 Å². The first-order chi connectivity index (χ1) is 29.1. The van der Waals surface area contributed by atoms with Crippen molar-refractivity contribution in [2.45, 2.75) is 257 Å². The average molecular weight is 874 g/mol. The van der Waals surface area contributed by atoms with Gasteiger partial charge in [0.15, 0.2) is 6.04 Å². The number of allylic oxidation sites excluding steroid dienone is 2. The number of nitrogens with one attached hydrogen (secondary N) is 1. The zero-order valence-electron chi connectivity index (χ0n) is 38.5. The summed E-state index contributed by atoms with van der Waals surface area (Å²) in [7, 11) is -4.75. The molecule has 354 valence electrons. The van der Waals surface area contributed by atoms with Crippen molar-refractivity contribution in [2.75, 3.05) is 19.8 Å². The maximum absolute atomic E-state index is 12.3. The van der Waals surface area contributed by atoms with Crippen LogP contribution in [0.3, 0.4) is 0 Å². The number of carboxylic acid groups (broad SMARTS) is 1. The molecule has 11 nitrogen and oxygen atoms in total. The molecule has 3 atom stereocenters. The highest BCUT2D eigenvalue weighted by molar-refractivity contribution is 7.47. The predicted molar refractivity (Wildman–Crippen MR) is 245 cm³/mol. The van der Waals surface area contributed by atoms with Crippen molar-refractivity contribution in [3.63, 3.8) is 0 Å². The van der Waals surface area contributed by atoms with Crippen LogP contribution in [0.15, 0.2) is 12.2 Å². The molecule has 1 amide bonds. The standard InChI is InChI=1S/C48H92NO10P/c1-3-5-7-9-11-13-15-17-18-19-20-21-22-23-24-25-26-28-30-32-34-36-38-40-47(52)57-41-44(50)42-58-60(55,56)59-43-45(48(53)54)49-46(51)39-37-35-33-31-29-27-16-14-12-10-8-6-4-2/h14,16,44-45,50H,3-13,15,17-43H2,1-2H3,(H,49,51)(H,53,54)(H,55,56)/b16-14-. The number of rotatable bonds is 47. The Kier molecular flexibility index (Phi) is 42.6. The van der Waals surface area contributed by atoms with Gasteiger partial charge in [-0.2, -0.15) is 0 Å². The normalized spacial score (nSPS) is 13.7. The van der Waals surface area contributed by atoms with Crippen LogP contribution in [0.1, 0.15) is 245 Å². The summed E-state index contributed by atoms with van der Waals surface area (Å²) in [6.07, 6.45) is 45.3. The Labute approximate surface area is 367 Å². The number of hydrogen-bond acceptors (Lipinski definition) is 8. The van der Waals surface area contributed by atoms with Crippen LogP contribution in [0, 0.1) is 0 Å². The molecule has 0 aromatic heterocycles. The highest BCUT2D eigenvalue weighted by Gasteiger charge is 2.28. The summed E-state index contributed by atoms with van der Waals surface area (Å²) in [6, 6.07) is -1.55. The number of ether oxygens (including phenoxy) is 1. The zero-order valence-corrected chi connectivity index (χ0v) is 39.4. The highest BCUT2D eigenvalue weighted by atomic mass is 31.2. The lowest BCUT2D eigenvalue weighted by Crippen LogP contribution is -2.43. The first-order valence-corrected chi connectivity index (χ1v) is 26.2. The fourth-order valence-electron chi connectivity index (χ4n) is 7.19. The molecule has 4 N–H and O–H groups in total. The molecule has 0 fully saturated rings. The molecule has 0 heterocycles. The van der Waals surface area contributed by atoms with Gasteiger partial charge in [-0.1, -0.05) is 206 Å². The summed E-state index contributed by atoms with van der Waals surface area (Å²) in [5.74, 6) is -2.37. The average Bonchev–Trinajstić information content (AvgIpc) is 3.22. The summed E-state index contributed by atoms with van der Waals surface area (Å²) in [5, 5.41) is 21.9. The van der Waals surface area contributed by atoms with Gasteiger partial charge in [0.25, 0.3) is 0 Å². The van der Waals surface area contributed by atoms with Crippen molar-refractivity contribution in [1.29, 1.82) is 0 Å². The van der Waals surface area contributed by atoms with E-state index in [1.807, 2.05) is 0 Å². The molecule has 0 aliphatic carbocycles. The summed E-state index contributed by atoms with van der Waals surface area (Å²) < 4.78 is 26.9. The van der Waals surface area contributed by atoms with Gasteiger partial charge in [0, 0.05) is 12.8 Å².